The highest BCUT2D eigenvalue weighted by Crippen LogP contribution is 2.21. The van der Waals surface area contributed by atoms with Gasteiger partial charge in [0.25, 0.3) is 0 Å². The standard InChI is InChI=1S/C14H19NO3/c1-14(18,8-13(16)17)10-15-7-6-11-4-2-3-5-12(11)9-15/h2-5,18H,6-10H2,1H3,(H,16,17). The van der Waals surface area contributed by atoms with E-state index in [1.165, 1.54) is 11.1 Å². The highest BCUT2D eigenvalue weighted by Gasteiger charge is 2.28. The Morgan fingerprint density at radius 2 is 2.06 bits per heavy atom. The summed E-state index contributed by atoms with van der Waals surface area (Å²) < 4.78 is 0. The van der Waals surface area contributed by atoms with Crippen LogP contribution in [0.1, 0.15) is 24.5 Å². The Morgan fingerprint density at radius 3 is 2.72 bits per heavy atom. The van der Waals surface area contributed by atoms with Crippen molar-refractivity contribution < 1.29 is 15.0 Å². The van der Waals surface area contributed by atoms with E-state index >= 15 is 0 Å². The fraction of sp³-hybridized carbons (Fsp3) is 0.500. The summed E-state index contributed by atoms with van der Waals surface area (Å²) in [6, 6.07) is 8.27. The molecule has 18 heavy (non-hydrogen) atoms. The van der Waals surface area contributed by atoms with Gasteiger partial charge in [-0.05, 0) is 24.5 Å². The molecule has 1 aliphatic rings. The molecule has 2 rings (SSSR count). The average Bonchev–Trinajstić information content (AvgIpc) is 2.26. The molecular formula is C14H19NO3. The zero-order valence-electron chi connectivity index (χ0n) is 10.6. The number of carbonyl (C=O) groups is 1. The lowest BCUT2D eigenvalue weighted by molar-refractivity contribution is -0.142. The fourth-order valence-corrected chi connectivity index (χ4v) is 2.55. The van der Waals surface area contributed by atoms with Crippen molar-refractivity contribution in [2.24, 2.45) is 0 Å². The van der Waals surface area contributed by atoms with E-state index in [4.69, 9.17) is 5.11 Å². The van der Waals surface area contributed by atoms with Gasteiger partial charge in [-0.3, -0.25) is 9.69 Å². The first kappa shape index (κ1) is 13.1. The van der Waals surface area contributed by atoms with Gasteiger partial charge in [0, 0.05) is 19.6 Å². The molecule has 0 saturated heterocycles. The first-order valence-electron chi connectivity index (χ1n) is 6.20. The Hall–Kier alpha value is -1.39. The molecule has 0 fully saturated rings. The van der Waals surface area contributed by atoms with Crippen LogP contribution < -0.4 is 0 Å². The molecule has 0 spiro atoms. The zero-order valence-corrected chi connectivity index (χ0v) is 10.6. The normalized spacial score (nSPS) is 19.0. The Balaban J connectivity index is 1.99. The molecule has 2 N–H and O–H groups in total. The number of β-amino-alcohol motifs (C(OH)–C–C–N with tert-alkyl or cyclic N) is 1. The van der Waals surface area contributed by atoms with Crippen LogP contribution in [0.2, 0.25) is 0 Å². The van der Waals surface area contributed by atoms with Crippen molar-refractivity contribution in [3.8, 4) is 0 Å². The van der Waals surface area contributed by atoms with E-state index in [2.05, 4.69) is 17.0 Å². The topological polar surface area (TPSA) is 60.8 Å². The lowest BCUT2D eigenvalue weighted by atomic mass is 9.96. The molecule has 1 aliphatic heterocycles. The van der Waals surface area contributed by atoms with Gasteiger partial charge in [0.15, 0.2) is 0 Å². The van der Waals surface area contributed by atoms with Gasteiger partial charge in [0.2, 0.25) is 0 Å². The minimum absolute atomic E-state index is 0.217. The molecule has 0 aliphatic carbocycles. The summed E-state index contributed by atoms with van der Waals surface area (Å²) in [7, 11) is 0. The van der Waals surface area contributed by atoms with Crippen LogP contribution in [0.4, 0.5) is 0 Å². The molecule has 1 atom stereocenters. The maximum absolute atomic E-state index is 10.7. The number of aliphatic carboxylic acids is 1. The van der Waals surface area contributed by atoms with E-state index in [0.717, 1.165) is 19.5 Å². The second-order valence-electron chi connectivity index (χ2n) is 5.30. The fourth-order valence-electron chi connectivity index (χ4n) is 2.55. The monoisotopic (exact) mass is 249 g/mol. The van der Waals surface area contributed by atoms with Gasteiger partial charge < -0.3 is 10.2 Å². The van der Waals surface area contributed by atoms with Crippen LogP contribution in [-0.4, -0.2) is 39.8 Å². The third-order valence-electron chi connectivity index (χ3n) is 3.31. The minimum Gasteiger partial charge on any atom is -0.481 e. The summed E-state index contributed by atoms with van der Waals surface area (Å²) in [5.74, 6) is -0.961. The maximum Gasteiger partial charge on any atom is 0.306 e. The maximum atomic E-state index is 10.7. The number of fused-ring (bicyclic) bond motifs is 1. The largest absolute Gasteiger partial charge is 0.481 e. The van der Waals surface area contributed by atoms with E-state index < -0.39 is 11.6 Å². The number of carboxylic acid groups (broad SMARTS) is 1. The smallest absolute Gasteiger partial charge is 0.306 e. The van der Waals surface area contributed by atoms with Crippen molar-refractivity contribution in [2.75, 3.05) is 13.1 Å². The number of benzene rings is 1. The Morgan fingerprint density at radius 1 is 1.39 bits per heavy atom. The van der Waals surface area contributed by atoms with Gasteiger partial charge in [0.05, 0.1) is 12.0 Å². The Kier molecular flexibility index (Phi) is 3.68. The average molecular weight is 249 g/mol. The molecule has 1 aromatic carbocycles. The van der Waals surface area contributed by atoms with Crippen LogP contribution in [-0.2, 0) is 17.8 Å². The Labute approximate surface area is 107 Å². The number of hydrogen-bond donors (Lipinski definition) is 2. The third-order valence-corrected chi connectivity index (χ3v) is 3.31. The number of nitrogens with zero attached hydrogens (tertiary/aromatic N) is 1. The van der Waals surface area contributed by atoms with Gasteiger partial charge >= 0.3 is 5.97 Å². The van der Waals surface area contributed by atoms with Gasteiger partial charge in [-0.25, -0.2) is 0 Å². The summed E-state index contributed by atoms with van der Waals surface area (Å²) in [5, 5.41) is 18.8. The molecule has 0 aromatic heterocycles. The number of rotatable bonds is 4. The van der Waals surface area contributed by atoms with Crippen LogP contribution in [0.25, 0.3) is 0 Å². The van der Waals surface area contributed by atoms with Crippen LogP contribution in [0, 0.1) is 0 Å². The van der Waals surface area contributed by atoms with E-state index in [0.29, 0.717) is 6.54 Å². The molecule has 4 heteroatoms. The predicted octanol–water partition coefficient (Wildman–Crippen LogP) is 1.27. The zero-order chi connectivity index (χ0) is 13.2. The van der Waals surface area contributed by atoms with Crippen molar-refractivity contribution in [1.29, 1.82) is 0 Å². The molecule has 4 nitrogen and oxygen atoms in total. The molecule has 1 heterocycles. The highest BCUT2D eigenvalue weighted by atomic mass is 16.4. The minimum atomic E-state index is -1.17. The van der Waals surface area contributed by atoms with Gasteiger partial charge in [0.1, 0.15) is 0 Å². The van der Waals surface area contributed by atoms with Crippen LogP contribution in [0.5, 0.6) is 0 Å². The SMILES string of the molecule is CC(O)(CC(=O)O)CN1CCc2ccccc2C1. The summed E-state index contributed by atoms with van der Waals surface area (Å²) in [4.78, 5) is 12.8. The second kappa shape index (κ2) is 5.08. The van der Waals surface area contributed by atoms with E-state index in [1.807, 2.05) is 12.1 Å². The van der Waals surface area contributed by atoms with Crippen LogP contribution >= 0.6 is 0 Å². The summed E-state index contributed by atoms with van der Waals surface area (Å²) >= 11 is 0. The van der Waals surface area contributed by atoms with E-state index in [1.54, 1.807) is 6.92 Å². The van der Waals surface area contributed by atoms with Crippen molar-refractivity contribution in [1.82, 2.24) is 4.90 Å². The van der Waals surface area contributed by atoms with Crippen molar-refractivity contribution in [3.63, 3.8) is 0 Å². The molecule has 0 saturated carbocycles. The third kappa shape index (κ3) is 3.31. The molecule has 0 radical (unpaired) electrons. The van der Waals surface area contributed by atoms with Crippen molar-refractivity contribution in [3.05, 3.63) is 35.4 Å². The number of hydrogen-bond acceptors (Lipinski definition) is 3. The molecule has 0 amide bonds. The molecule has 0 bridgehead atoms. The molecule has 98 valence electrons. The summed E-state index contributed by atoms with van der Waals surface area (Å²) in [6.45, 7) is 3.63. The van der Waals surface area contributed by atoms with E-state index in [-0.39, 0.29) is 6.42 Å². The van der Waals surface area contributed by atoms with Crippen molar-refractivity contribution >= 4 is 5.97 Å². The van der Waals surface area contributed by atoms with Crippen molar-refractivity contribution in [2.45, 2.75) is 31.9 Å². The lowest BCUT2D eigenvalue weighted by Gasteiger charge is -2.34. The van der Waals surface area contributed by atoms with Crippen LogP contribution in [0.15, 0.2) is 24.3 Å². The molecule has 1 aromatic rings. The van der Waals surface area contributed by atoms with E-state index in [9.17, 15) is 9.90 Å². The highest BCUT2D eigenvalue weighted by molar-refractivity contribution is 5.68. The molecular weight excluding hydrogens is 230 g/mol. The second-order valence-corrected chi connectivity index (χ2v) is 5.30. The number of carboxylic acids is 1. The summed E-state index contributed by atoms with van der Waals surface area (Å²) in [6.07, 6.45) is 0.741. The van der Waals surface area contributed by atoms with Gasteiger partial charge in [-0.15, -0.1) is 0 Å². The van der Waals surface area contributed by atoms with Crippen LogP contribution in [0.3, 0.4) is 0 Å². The summed E-state index contributed by atoms with van der Waals surface area (Å²) in [5.41, 5.74) is 1.46. The number of aliphatic hydroxyl groups is 1. The lowest BCUT2D eigenvalue weighted by Crippen LogP contribution is -2.44. The first-order valence-corrected chi connectivity index (χ1v) is 6.20. The van der Waals surface area contributed by atoms with Gasteiger partial charge in [-0.1, -0.05) is 24.3 Å². The first-order chi connectivity index (χ1) is 8.46. The molecule has 1 unspecified atom stereocenters. The van der Waals surface area contributed by atoms with Gasteiger partial charge in [-0.2, -0.15) is 0 Å². The Bertz CT molecular complexity index is 442. The quantitative estimate of drug-likeness (QED) is 0.843. The predicted molar refractivity (Wildman–Crippen MR) is 68.3 cm³/mol.